The summed E-state index contributed by atoms with van der Waals surface area (Å²) in [6, 6.07) is 0.443. The molecule has 10 nitrogen and oxygen atoms in total. The zero-order valence-electron chi connectivity index (χ0n) is 19.9. The summed E-state index contributed by atoms with van der Waals surface area (Å²) in [5.74, 6) is -8.55. The lowest BCUT2D eigenvalue weighted by molar-refractivity contribution is -0.181. The summed E-state index contributed by atoms with van der Waals surface area (Å²) in [5.41, 5.74) is 3.61. The molecule has 3 aliphatic rings. The van der Waals surface area contributed by atoms with Crippen LogP contribution in [-0.4, -0.2) is 84.0 Å². The highest BCUT2D eigenvalue weighted by Gasteiger charge is 2.69. The van der Waals surface area contributed by atoms with E-state index >= 15 is 0 Å². The number of anilines is 1. The summed E-state index contributed by atoms with van der Waals surface area (Å²) in [6.45, 7) is 0. The van der Waals surface area contributed by atoms with Gasteiger partial charge in [0.25, 0.3) is 0 Å². The number of amides is 1. The highest BCUT2D eigenvalue weighted by atomic mass is 16.3. The Morgan fingerprint density at radius 2 is 1.80 bits per heavy atom. The van der Waals surface area contributed by atoms with E-state index < -0.39 is 70.1 Å². The molecule has 3 aliphatic carbocycles. The number of ketones is 4. The van der Waals surface area contributed by atoms with E-state index in [1.54, 1.807) is 25.1 Å². The maximum absolute atomic E-state index is 13.8. The normalized spacial score (nSPS) is 32.0. The van der Waals surface area contributed by atoms with Gasteiger partial charge < -0.3 is 20.8 Å². The first kappa shape index (κ1) is 24.6. The Morgan fingerprint density at radius 3 is 2.31 bits per heavy atom. The number of phenols is 1. The van der Waals surface area contributed by atoms with Crippen molar-refractivity contribution in [2.45, 2.75) is 24.5 Å². The number of nitrogens with zero attached hydrogens (tertiary/aromatic N) is 2. The number of rotatable bonds is 3. The quantitative estimate of drug-likeness (QED) is 0.360. The molecule has 35 heavy (non-hydrogen) atoms. The van der Waals surface area contributed by atoms with Crippen molar-refractivity contribution < 1.29 is 34.2 Å². The summed E-state index contributed by atoms with van der Waals surface area (Å²) < 4.78 is 0. The van der Waals surface area contributed by atoms with Crippen LogP contribution in [0.1, 0.15) is 27.9 Å². The summed E-state index contributed by atoms with van der Waals surface area (Å²) in [5, 5.41) is 22.3. The molecule has 4 rings (SSSR count). The minimum Gasteiger partial charge on any atom is -0.506 e. The predicted octanol–water partition coefficient (Wildman–Crippen LogP) is -1.09. The SMILES string of the molecule is C#Cc1cc(N(C)C)c2c(c1O)C(=O)C1C(=O)[C@]3(O)C(=O)C(C(N)=O)C(=O)[C@@H](N(C)C)[C@@H]3C[C@@H]1C2. The molecule has 1 amide bonds. The summed E-state index contributed by atoms with van der Waals surface area (Å²) >= 11 is 0. The molecule has 2 fully saturated rings. The fourth-order valence-corrected chi connectivity index (χ4v) is 6.16. The van der Waals surface area contributed by atoms with Crippen LogP contribution in [0.15, 0.2) is 6.07 Å². The molecular formula is C25H27N3O7. The number of primary amides is 1. The summed E-state index contributed by atoms with van der Waals surface area (Å²) in [7, 11) is 6.58. The number of carbonyl (C=O) groups excluding carboxylic acids is 5. The number of aliphatic hydroxyl groups is 1. The van der Waals surface area contributed by atoms with Crippen molar-refractivity contribution in [1.82, 2.24) is 4.90 Å². The van der Waals surface area contributed by atoms with Gasteiger partial charge in [-0.3, -0.25) is 28.9 Å². The van der Waals surface area contributed by atoms with Crippen molar-refractivity contribution in [3.63, 3.8) is 0 Å². The second-order valence-electron chi connectivity index (χ2n) is 9.97. The van der Waals surface area contributed by atoms with Gasteiger partial charge in [-0.05, 0) is 44.5 Å². The number of likely N-dealkylation sites (N-methyl/N-ethyl adjacent to an activating group) is 1. The fourth-order valence-electron chi connectivity index (χ4n) is 6.16. The number of terminal acetylenes is 1. The third kappa shape index (κ3) is 3.15. The lowest BCUT2D eigenvalue weighted by Gasteiger charge is -2.52. The largest absolute Gasteiger partial charge is 0.506 e. The molecule has 0 aliphatic heterocycles. The Kier molecular flexibility index (Phi) is 5.62. The minimum atomic E-state index is -2.75. The van der Waals surface area contributed by atoms with Crippen molar-refractivity contribution in [2.75, 3.05) is 33.1 Å². The van der Waals surface area contributed by atoms with Crippen LogP contribution in [0.25, 0.3) is 0 Å². The molecule has 2 saturated carbocycles. The zero-order chi connectivity index (χ0) is 26.1. The molecule has 0 bridgehead atoms. The molecule has 0 spiro atoms. The minimum absolute atomic E-state index is 0.00554. The van der Waals surface area contributed by atoms with Gasteiger partial charge in [0.1, 0.15) is 5.75 Å². The Labute approximate surface area is 202 Å². The molecule has 10 heteroatoms. The van der Waals surface area contributed by atoms with Gasteiger partial charge in [-0.15, -0.1) is 6.42 Å². The van der Waals surface area contributed by atoms with Gasteiger partial charge in [-0.1, -0.05) is 5.92 Å². The molecule has 0 saturated heterocycles. The summed E-state index contributed by atoms with van der Waals surface area (Å²) in [6.07, 6.45) is 5.69. The average molecular weight is 482 g/mol. The standard InChI is InChI=1S/C25H27N3O7/c1-6-10-9-14(27(2)3)12-7-11-8-13-18(28(4)5)21(31)17(24(26)34)23(33)25(13,35)22(32)15(11)20(30)16(12)19(10)29/h1,9,11,13,15,17-18,29,35H,7-8H2,2-5H3,(H2,26,34)/t11-,13-,15?,17?,18-,25-/m0/s1. The average Bonchev–Trinajstić information content (AvgIpc) is 2.75. The maximum atomic E-state index is 13.8. The Morgan fingerprint density at radius 1 is 1.17 bits per heavy atom. The summed E-state index contributed by atoms with van der Waals surface area (Å²) in [4.78, 5) is 69.0. The van der Waals surface area contributed by atoms with Crippen LogP contribution in [0, 0.1) is 36.0 Å². The molecule has 0 heterocycles. The fraction of sp³-hybridized carbons (Fsp3) is 0.480. The number of nitrogens with two attached hydrogens (primary N) is 1. The molecule has 6 atom stereocenters. The Bertz CT molecular complexity index is 1240. The van der Waals surface area contributed by atoms with Crippen molar-refractivity contribution in [3.05, 3.63) is 22.8 Å². The van der Waals surface area contributed by atoms with Crippen LogP contribution < -0.4 is 10.6 Å². The van der Waals surface area contributed by atoms with Crippen LogP contribution in [-0.2, 0) is 25.6 Å². The van der Waals surface area contributed by atoms with Crippen molar-refractivity contribution in [1.29, 1.82) is 0 Å². The number of aromatic hydroxyl groups is 1. The van der Waals surface area contributed by atoms with Crippen LogP contribution >= 0.6 is 0 Å². The Hall–Kier alpha value is -3.55. The third-order valence-electron chi connectivity index (χ3n) is 7.68. The van der Waals surface area contributed by atoms with E-state index in [1.165, 1.54) is 19.0 Å². The highest BCUT2D eigenvalue weighted by molar-refractivity contribution is 6.32. The maximum Gasteiger partial charge on any atom is 0.235 e. The van der Waals surface area contributed by atoms with E-state index in [1.807, 2.05) is 0 Å². The molecular weight excluding hydrogens is 454 g/mol. The van der Waals surface area contributed by atoms with E-state index in [2.05, 4.69) is 5.92 Å². The van der Waals surface area contributed by atoms with Gasteiger partial charge in [0.05, 0.1) is 23.1 Å². The second-order valence-corrected chi connectivity index (χ2v) is 9.97. The third-order valence-corrected chi connectivity index (χ3v) is 7.68. The van der Waals surface area contributed by atoms with Crippen LogP contribution in [0.5, 0.6) is 5.75 Å². The first-order chi connectivity index (χ1) is 16.3. The van der Waals surface area contributed by atoms with E-state index in [0.29, 0.717) is 11.3 Å². The lowest BCUT2D eigenvalue weighted by Crippen LogP contribution is -2.74. The smallest absolute Gasteiger partial charge is 0.235 e. The molecule has 184 valence electrons. The van der Waals surface area contributed by atoms with Gasteiger partial charge in [0.2, 0.25) is 5.91 Å². The Balaban J connectivity index is 1.92. The van der Waals surface area contributed by atoms with Gasteiger partial charge in [-0.25, -0.2) is 0 Å². The molecule has 0 radical (unpaired) electrons. The van der Waals surface area contributed by atoms with E-state index in [-0.39, 0.29) is 24.0 Å². The first-order valence-corrected chi connectivity index (χ1v) is 11.2. The number of fused-ring (bicyclic) bond motifs is 3. The van der Waals surface area contributed by atoms with Gasteiger partial charge in [0.15, 0.2) is 34.7 Å². The van der Waals surface area contributed by atoms with Gasteiger partial charge in [-0.2, -0.15) is 0 Å². The first-order valence-electron chi connectivity index (χ1n) is 11.2. The van der Waals surface area contributed by atoms with E-state index in [0.717, 1.165) is 0 Å². The molecule has 1 aromatic rings. The lowest BCUT2D eigenvalue weighted by atomic mass is 9.52. The van der Waals surface area contributed by atoms with Gasteiger partial charge in [0, 0.05) is 25.7 Å². The number of Topliss-reactive ketones (excluding diaryl/α,β-unsaturated/α-hetero) is 4. The number of hydrogen-bond donors (Lipinski definition) is 3. The zero-order valence-corrected chi connectivity index (χ0v) is 19.9. The molecule has 2 unspecified atom stereocenters. The van der Waals surface area contributed by atoms with Crippen LogP contribution in [0.3, 0.4) is 0 Å². The monoisotopic (exact) mass is 481 g/mol. The van der Waals surface area contributed by atoms with E-state index in [9.17, 15) is 34.2 Å². The predicted molar refractivity (Wildman–Crippen MR) is 124 cm³/mol. The number of hydrogen-bond acceptors (Lipinski definition) is 9. The van der Waals surface area contributed by atoms with Crippen LogP contribution in [0.4, 0.5) is 5.69 Å². The van der Waals surface area contributed by atoms with Gasteiger partial charge >= 0.3 is 0 Å². The molecule has 1 aromatic carbocycles. The number of phenolic OH excluding ortho intramolecular Hbond substituents is 1. The second kappa shape index (κ2) is 8.00. The molecule has 4 N–H and O–H groups in total. The van der Waals surface area contributed by atoms with Crippen LogP contribution in [0.2, 0.25) is 0 Å². The van der Waals surface area contributed by atoms with Crippen molar-refractivity contribution in [3.8, 4) is 18.1 Å². The van der Waals surface area contributed by atoms with Crippen molar-refractivity contribution in [2.24, 2.45) is 29.4 Å². The number of benzene rings is 1. The van der Waals surface area contributed by atoms with Crippen molar-refractivity contribution >= 4 is 34.7 Å². The topological polar surface area (TPSA) is 158 Å². The highest BCUT2D eigenvalue weighted by Crippen LogP contribution is 2.52. The number of carbonyl (C=O) groups is 5. The van der Waals surface area contributed by atoms with E-state index in [4.69, 9.17) is 12.2 Å². The molecule has 0 aromatic heterocycles.